The van der Waals surface area contributed by atoms with Gasteiger partial charge < -0.3 is 14.2 Å². The number of allylic oxidation sites excluding steroid dienone is 6. The van der Waals surface area contributed by atoms with E-state index in [1.807, 2.05) is 0 Å². The van der Waals surface area contributed by atoms with Crippen LogP contribution in [0.2, 0.25) is 0 Å². The van der Waals surface area contributed by atoms with Crippen LogP contribution in [-0.2, 0) is 28.6 Å². The molecular formula is C72H134O6. The van der Waals surface area contributed by atoms with Crippen molar-refractivity contribution < 1.29 is 28.6 Å². The van der Waals surface area contributed by atoms with Gasteiger partial charge in [-0.3, -0.25) is 14.4 Å². The van der Waals surface area contributed by atoms with Crippen molar-refractivity contribution in [3.63, 3.8) is 0 Å². The molecule has 0 saturated carbocycles. The van der Waals surface area contributed by atoms with E-state index in [1.165, 1.54) is 270 Å². The Morgan fingerprint density at radius 2 is 0.462 bits per heavy atom. The summed E-state index contributed by atoms with van der Waals surface area (Å²) in [4.78, 5) is 38.3. The zero-order valence-corrected chi connectivity index (χ0v) is 52.7. The van der Waals surface area contributed by atoms with E-state index in [2.05, 4.69) is 57.2 Å². The van der Waals surface area contributed by atoms with Gasteiger partial charge in [0.25, 0.3) is 0 Å². The molecular weight excluding hydrogens is 961 g/mol. The Morgan fingerprint density at radius 1 is 0.256 bits per heavy atom. The van der Waals surface area contributed by atoms with Gasteiger partial charge in [0.15, 0.2) is 6.10 Å². The third-order valence-electron chi connectivity index (χ3n) is 15.9. The fourth-order valence-electron chi connectivity index (χ4n) is 10.6. The Bertz CT molecular complexity index is 1300. The average Bonchev–Trinajstić information content (AvgIpc) is 3.44. The van der Waals surface area contributed by atoms with Crippen molar-refractivity contribution in [1.29, 1.82) is 0 Å². The predicted molar refractivity (Wildman–Crippen MR) is 339 cm³/mol. The molecule has 0 radical (unpaired) electrons. The minimum Gasteiger partial charge on any atom is -0.462 e. The minimum atomic E-state index is -0.778. The average molecular weight is 1100 g/mol. The van der Waals surface area contributed by atoms with Gasteiger partial charge in [0.2, 0.25) is 0 Å². The van der Waals surface area contributed by atoms with Crippen molar-refractivity contribution in [2.24, 2.45) is 0 Å². The summed E-state index contributed by atoms with van der Waals surface area (Å²) in [5, 5.41) is 0. The highest BCUT2D eigenvalue weighted by molar-refractivity contribution is 5.71. The summed E-state index contributed by atoms with van der Waals surface area (Å²) >= 11 is 0. The number of carbonyl (C=O) groups is 3. The second-order valence-electron chi connectivity index (χ2n) is 23.8. The first kappa shape index (κ1) is 75.6. The molecule has 0 aliphatic carbocycles. The van der Waals surface area contributed by atoms with E-state index in [9.17, 15) is 14.4 Å². The first-order valence-electron chi connectivity index (χ1n) is 35.0. The first-order chi connectivity index (χ1) is 38.5. The van der Waals surface area contributed by atoms with Crippen LogP contribution in [0.5, 0.6) is 0 Å². The van der Waals surface area contributed by atoms with E-state index in [4.69, 9.17) is 14.2 Å². The third kappa shape index (κ3) is 64.5. The smallest absolute Gasteiger partial charge is 0.306 e. The van der Waals surface area contributed by atoms with Gasteiger partial charge in [0.1, 0.15) is 13.2 Å². The number of hydrogen-bond acceptors (Lipinski definition) is 6. The Kier molecular flexibility index (Phi) is 65.1. The Morgan fingerprint density at radius 3 is 0.756 bits per heavy atom. The standard InChI is InChI=1S/C72H134O6/c1-4-7-10-13-16-19-22-25-27-29-30-31-32-33-34-35-36-37-38-39-40-41-43-44-47-50-53-56-59-62-65-71(74)77-68-69(67-76-70(73)64-61-58-55-52-49-46-24-21-18-15-12-9-6-3)78-72(75)66-63-60-57-54-51-48-45-42-28-26-23-20-17-14-11-8-5-2/h17,20-21,24,26,28,69H,4-16,18-19,22-23,25,27,29-68H2,1-3H3/b20-17-,24-21-,28-26-. The van der Waals surface area contributed by atoms with E-state index < -0.39 is 6.10 Å². The van der Waals surface area contributed by atoms with E-state index in [-0.39, 0.29) is 31.1 Å². The Balaban J connectivity index is 4.15. The van der Waals surface area contributed by atoms with Crippen LogP contribution in [-0.4, -0.2) is 37.2 Å². The highest BCUT2D eigenvalue weighted by Crippen LogP contribution is 2.18. The fourth-order valence-corrected chi connectivity index (χ4v) is 10.6. The third-order valence-corrected chi connectivity index (χ3v) is 15.9. The molecule has 0 amide bonds. The molecule has 0 fully saturated rings. The van der Waals surface area contributed by atoms with Crippen molar-refractivity contribution in [3.05, 3.63) is 36.5 Å². The molecule has 6 heteroatoms. The lowest BCUT2D eigenvalue weighted by atomic mass is 10.0. The molecule has 0 aliphatic heterocycles. The molecule has 1 atom stereocenters. The molecule has 0 aromatic heterocycles. The molecule has 0 N–H and O–H groups in total. The predicted octanol–water partition coefficient (Wildman–Crippen LogP) is 23.9. The van der Waals surface area contributed by atoms with Crippen molar-refractivity contribution in [2.45, 2.75) is 393 Å². The van der Waals surface area contributed by atoms with Gasteiger partial charge >= 0.3 is 17.9 Å². The van der Waals surface area contributed by atoms with Crippen LogP contribution < -0.4 is 0 Å². The summed E-state index contributed by atoms with van der Waals surface area (Å²) in [7, 11) is 0. The summed E-state index contributed by atoms with van der Waals surface area (Å²) in [5.74, 6) is -0.866. The zero-order valence-electron chi connectivity index (χ0n) is 52.7. The molecule has 0 aromatic rings. The van der Waals surface area contributed by atoms with Gasteiger partial charge in [-0.1, -0.05) is 327 Å². The SMILES string of the molecule is CCCCC/C=C\C/C=C\CCCCCCCCCC(=O)OC(COC(=O)CCCCCCC/C=C\CCCCCC)COC(=O)CCCCCCCCCCCCCCCCCCCCCCCCCCCCCCCC. The lowest BCUT2D eigenvalue weighted by molar-refractivity contribution is -0.167. The normalized spacial score (nSPS) is 12.2. The summed E-state index contributed by atoms with van der Waals surface area (Å²) in [6.07, 6.45) is 83.3. The molecule has 1 unspecified atom stereocenters. The number of unbranched alkanes of at least 4 members (excludes halogenated alkanes) is 48. The summed E-state index contributed by atoms with van der Waals surface area (Å²) in [6, 6.07) is 0. The molecule has 6 nitrogen and oxygen atoms in total. The van der Waals surface area contributed by atoms with E-state index in [0.29, 0.717) is 19.3 Å². The van der Waals surface area contributed by atoms with Crippen molar-refractivity contribution in [2.75, 3.05) is 13.2 Å². The van der Waals surface area contributed by atoms with Gasteiger partial charge in [0.05, 0.1) is 0 Å². The van der Waals surface area contributed by atoms with Crippen molar-refractivity contribution in [3.8, 4) is 0 Å². The maximum atomic E-state index is 12.9. The lowest BCUT2D eigenvalue weighted by Gasteiger charge is -2.18. The highest BCUT2D eigenvalue weighted by atomic mass is 16.6. The molecule has 0 aromatic carbocycles. The Labute approximate surface area is 486 Å². The van der Waals surface area contributed by atoms with E-state index >= 15 is 0 Å². The fraction of sp³-hybridized carbons (Fsp3) is 0.875. The number of rotatable bonds is 65. The molecule has 0 aliphatic rings. The van der Waals surface area contributed by atoms with Crippen LogP contribution in [0, 0.1) is 0 Å². The van der Waals surface area contributed by atoms with Crippen molar-refractivity contribution in [1.82, 2.24) is 0 Å². The number of hydrogen-bond donors (Lipinski definition) is 0. The van der Waals surface area contributed by atoms with E-state index in [1.54, 1.807) is 0 Å². The second-order valence-corrected chi connectivity index (χ2v) is 23.8. The Hall–Kier alpha value is -2.37. The summed E-state index contributed by atoms with van der Waals surface area (Å²) in [5.41, 5.74) is 0. The van der Waals surface area contributed by atoms with Gasteiger partial charge in [-0.2, -0.15) is 0 Å². The van der Waals surface area contributed by atoms with Crippen LogP contribution in [0.25, 0.3) is 0 Å². The van der Waals surface area contributed by atoms with Crippen LogP contribution in [0.4, 0.5) is 0 Å². The largest absolute Gasteiger partial charge is 0.462 e. The van der Waals surface area contributed by atoms with Gasteiger partial charge in [-0.05, 0) is 77.0 Å². The number of carbonyl (C=O) groups excluding carboxylic acids is 3. The number of ether oxygens (including phenoxy) is 3. The molecule has 0 saturated heterocycles. The maximum Gasteiger partial charge on any atom is 0.306 e. The molecule has 0 heterocycles. The van der Waals surface area contributed by atoms with Crippen LogP contribution in [0.3, 0.4) is 0 Å². The quantitative estimate of drug-likeness (QED) is 0.0261. The molecule has 0 rings (SSSR count). The second kappa shape index (κ2) is 67.1. The van der Waals surface area contributed by atoms with Gasteiger partial charge in [-0.15, -0.1) is 0 Å². The minimum absolute atomic E-state index is 0.0738. The summed E-state index contributed by atoms with van der Waals surface area (Å²) < 4.78 is 16.9. The zero-order chi connectivity index (χ0) is 56.4. The van der Waals surface area contributed by atoms with Crippen LogP contribution >= 0.6 is 0 Å². The number of esters is 3. The highest BCUT2D eigenvalue weighted by Gasteiger charge is 2.19. The van der Waals surface area contributed by atoms with Gasteiger partial charge in [-0.25, -0.2) is 0 Å². The molecule has 0 bridgehead atoms. The topological polar surface area (TPSA) is 78.9 Å². The monoisotopic (exact) mass is 1100 g/mol. The van der Waals surface area contributed by atoms with Gasteiger partial charge in [0, 0.05) is 19.3 Å². The van der Waals surface area contributed by atoms with Crippen LogP contribution in [0.1, 0.15) is 387 Å². The molecule has 78 heavy (non-hydrogen) atoms. The molecule has 458 valence electrons. The lowest BCUT2D eigenvalue weighted by Crippen LogP contribution is -2.30. The van der Waals surface area contributed by atoms with Crippen LogP contribution in [0.15, 0.2) is 36.5 Å². The van der Waals surface area contributed by atoms with E-state index in [0.717, 1.165) is 77.0 Å². The maximum absolute atomic E-state index is 12.9. The van der Waals surface area contributed by atoms with Crippen molar-refractivity contribution >= 4 is 17.9 Å². The molecule has 0 spiro atoms. The first-order valence-corrected chi connectivity index (χ1v) is 35.0. The summed E-state index contributed by atoms with van der Waals surface area (Å²) in [6.45, 7) is 6.65.